The highest BCUT2D eigenvalue weighted by molar-refractivity contribution is 5.46. The van der Waals surface area contributed by atoms with Gasteiger partial charge in [0, 0.05) is 0 Å². The van der Waals surface area contributed by atoms with Crippen LogP contribution in [0.4, 0.5) is 0 Å². The van der Waals surface area contributed by atoms with Crippen LogP contribution in [0.5, 0.6) is 0 Å². The fourth-order valence-electron chi connectivity index (χ4n) is 1.47. The molecule has 2 unspecified atom stereocenters. The second-order valence-electron chi connectivity index (χ2n) is 3.28. The summed E-state index contributed by atoms with van der Waals surface area (Å²) in [4.78, 5) is 0. The summed E-state index contributed by atoms with van der Waals surface area (Å²) in [7, 11) is 0. The highest BCUT2D eigenvalue weighted by Crippen LogP contribution is 2.38. The molecular formula is C8H12N2O2. The van der Waals surface area contributed by atoms with Gasteiger partial charge in [-0.15, -0.1) is 0 Å². The van der Waals surface area contributed by atoms with E-state index in [4.69, 9.17) is 5.21 Å². The number of hydrogen-bond acceptors (Lipinski definition) is 4. The van der Waals surface area contributed by atoms with Gasteiger partial charge in [-0.3, -0.25) is 5.21 Å². The van der Waals surface area contributed by atoms with E-state index in [-0.39, 0.29) is 12.1 Å². The van der Waals surface area contributed by atoms with Gasteiger partial charge in [0.25, 0.3) is 0 Å². The second kappa shape index (κ2) is 2.32. The van der Waals surface area contributed by atoms with Gasteiger partial charge >= 0.3 is 0 Å². The van der Waals surface area contributed by atoms with Crippen LogP contribution in [0.1, 0.15) is 13.8 Å². The Morgan fingerprint density at radius 2 is 1.50 bits per heavy atom. The summed E-state index contributed by atoms with van der Waals surface area (Å²) in [5.74, 6) is 0. The van der Waals surface area contributed by atoms with Crippen molar-refractivity contribution in [1.82, 2.24) is 10.1 Å². The van der Waals surface area contributed by atoms with Crippen LogP contribution in [0.2, 0.25) is 0 Å². The standard InChI is InChI=1S/C8H12N2O2/c1-5-3-7-8(10(7)12)4-6(2)9(5)11/h3-6,11-12H,1-2H3. The van der Waals surface area contributed by atoms with Gasteiger partial charge in [0.05, 0.1) is 23.5 Å². The lowest BCUT2D eigenvalue weighted by molar-refractivity contribution is -0.126. The Kier molecular flexibility index (Phi) is 1.51. The topological polar surface area (TPSA) is 46.7 Å². The maximum Gasteiger partial charge on any atom is 0.0929 e. The lowest BCUT2D eigenvalue weighted by atomic mass is 10.2. The molecule has 2 aliphatic rings. The van der Waals surface area contributed by atoms with E-state index in [0.29, 0.717) is 0 Å². The fourth-order valence-corrected chi connectivity index (χ4v) is 1.47. The van der Waals surface area contributed by atoms with Crippen molar-refractivity contribution in [1.29, 1.82) is 0 Å². The molecule has 0 aliphatic carbocycles. The van der Waals surface area contributed by atoms with Gasteiger partial charge in [0.2, 0.25) is 0 Å². The van der Waals surface area contributed by atoms with E-state index in [9.17, 15) is 5.21 Å². The van der Waals surface area contributed by atoms with Crippen molar-refractivity contribution in [2.45, 2.75) is 25.9 Å². The Balaban J connectivity index is 2.30. The van der Waals surface area contributed by atoms with Crippen LogP contribution in [-0.2, 0) is 0 Å². The van der Waals surface area contributed by atoms with Crippen LogP contribution in [-0.4, -0.2) is 32.6 Å². The van der Waals surface area contributed by atoms with Crippen molar-refractivity contribution in [3.8, 4) is 0 Å². The summed E-state index contributed by atoms with van der Waals surface area (Å²) in [5.41, 5.74) is 1.62. The number of nitrogens with zero attached hydrogens (tertiary/aromatic N) is 2. The van der Waals surface area contributed by atoms with Crippen molar-refractivity contribution < 1.29 is 10.4 Å². The molecule has 2 rings (SSSR count). The molecule has 0 amide bonds. The first-order valence-electron chi connectivity index (χ1n) is 4.01. The molecule has 4 heteroatoms. The Hall–Kier alpha value is -0.840. The normalized spacial score (nSPS) is 35.2. The summed E-state index contributed by atoms with van der Waals surface area (Å²) < 4.78 is 0. The largest absolute Gasteiger partial charge is 0.313 e. The molecule has 1 fully saturated rings. The van der Waals surface area contributed by atoms with Crippen LogP contribution in [0.15, 0.2) is 23.5 Å². The minimum Gasteiger partial charge on any atom is -0.313 e. The molecule has 12 heavy (non-hydrogen) atoms. The van der Waals surface area contributed by atoms with Gasteiger partial charge in [-0.1, -0.05) is 0 Å². The number of hydroxylamine groups is 4. The van der Waals surface area contributed by atoms with Gasteiger partial charge in [0.15, 0.2) is 0 Å². The zero-order chi connectivity index (χ0) is 8.88. The van der Waals surface area contributed by atoms with Crippen LogP contribution in [0.3, 0.4) is 0 Å². The first kappa shape index (κ1) is 7.79. The van der Waals surface area contributed by atoms with Gasteiger partial charge in [0.1, 0.15) is 0 Å². The molecule has 0 saturated carbocycles. The molecule has 1 saturated heterocycles. The Labute approximate surface area is 70.9 Å². The molecule has 66 valence electrons. The lowest BCUT2D eigenvalue weighted by Crippen LogP contribution is -2.34. The highest BCUT2D eigenvalue weighted by atomic mass is 16.5. The molecule has 4 nitrogen and oxygen atoms in total. The van der Waals surface area contributed by atoms with Crippen molar-refractivity contribution in [2.75, 3.05) is 0 Å². The van der Waals surface area contributed by atoms with E-state index >= 15 is 0 Å². The minimum atomic E-state index is -0.0547. The maximum absolute atomic E-state index is 9.49. The van der Waals surface area contributed by atoms with E-state index in [0.717, 1.165) is 16.5 Å². The molecule has 0 aromatic heterocycles. The SMILES string of the molecule is CC1C=C2C(=CC(C)N1O)N2O. The number of hydrogen-bond donors (Lipinski definition) is 2. The molecule has 0 spiro atoms. The Bertz CT molecular complexity index is 246. The summed E-state index contributed by atoms with van der Waals surface area (Å²) in [6.07, 6.45) is 3.66. The maximum atomic E-state index is 9.49. The van der Waals surface area contributed by atoms with Gasteiger partial charge in [-0.2, -0.15) is 5.06 Å². The van der Waals surface area contributed by atoms with E-state index < -0.39 is 0 Å². The van der Waals surface area contributed by atoms with E-state index in [1.807, 2.05) is 26.0 Å². The molecule has 0 aromatic rings. The van der Waals surface area contributed by atoms with Gasteiger partial charge in [-0.25, -0.2) is 5.06 Å². The van der Waals surface area contributed by atoms with Crippen molar-refractivity contribution in [2.24, 2.45) is 0 Å². The van der Waals surface area contributed by atoms with Crippen LogP contribution in [0, 0.1) is 0 Å². The minimum absolute atomic E-state index is 0.0547. The van der Waals surface area contributed by atoms with Crippen molar-refractivity contribution >= 4 is 0 Å². The smallest absolute Gasteiger partial charge is 0.0929 e. The first-order chi connectivity index (χ1) is 5.61. The average Bonchev–Trinajstić information content (AvgIpc) is 2.63. The van der Waals surface area contributed by atoms with E-state index in [1.54, 1.807) is 0 Å². The predicted molar refractivity (Wildman–Crippen MR) is 42.3 cm³/mol. The first-order valence-corrected chi connectivity index (χ1v) is 4.01. The average molecular weight is 168 g/mol. The van der Waals surface area contributed by atoms with E-state index in [1.165, 1.54) is 5.06 Å². The fraction of sp³-hybridized carbons (Fsp3) is 0.500. The van der Waals surface area contributed by atoms with Crippen molar-refractivity contribution in [3.63, 3.8) is 0 Å². The van der Waals surface area contributed by atoms with Gasteiger partial charge < -0.3 is 5.21 Å². The summed E-state index contributed by atoms with van der Waals surface area (Å²) in [6, 6.07) is -0.109. The molecule has 0 aromatic carbocycles. The predicted octanol–water partition coefficient (Wildman–Crippen LogP) is 0.941. The molecule has 0 radical (unpaired) electrons. The van der Waals surface area contributed by atoms with E-state index in [2.05, 4.69) is 0 Å². The summed E-state index contributed by atoms with van der Waals surface area (Å²) >= 11 is 0. The highest BCUT2D eigenvalue weighted by Gasteiger charge is 2.37. The second-order valence-corrected chi connectivity index (χ2v) is 3.28. The quantitative estimate of drug-likeness (QED) is 0.528. The lowest BCUT2D eigenvalue weighted by Gasteiger charge is -2.23. The molecule has 0 bridgehead atoms. The molecular weight excluding hydrogens is 156 g/mol. The third-order valence-electron chi connectivity index (χ3n) is 2.30. The molecule has 2 aliphatic heterocycles. The molecule has 2 atom stereocenters. The zero-order valence-corrected chi connectivity index (χ0v) is 7.10. The monoisotopic (exact) mass is 168 g/mol. The summed E-state index contributed by atoms with van der Waals surface area (Å²) in [6.45, 7) is 3.76. The third kappa shape index (κ3) is 0.964. The summed E-state index contributed by atoms with van der Waals surface area (Å²) in [5, 5.41) is 21.1. The Morgan fingerprint density at radius 1 is 1.08 bits per heavy atom. The molecule has 2 heterocycles. The number of fused-ring (bicyclic) bond motifs is 1. The zero-order valence-electron chi connectivity index (χ0n) is 7.10. The molecule has 2 N–H and O–H groups in total. The van der Waals surface area contributed by atoms with Crippen LogP contribution < -0.4 is 0 Å². The van der Waals surface area contributed by atoms with Crippen LogP contribution in [0.25, 0.3) is 0 Å². The third-order valence-corrected chi connectivity index (χ3v) is 2.30. The Morgan fingerprint density at radius 3 is 1.92 bits per heavy atom. The van der Waals surface area contributed by atoms with Crippen LogP contribution >= 0.6 is 0 Å². The van der Waals surface area contributed by atoms with Gasteiger partial charge in [-0.05, 0) is 26.0 Å². The van der Waals surface area contributed by atoms with Crippen molar-refractivity contribution in [3.05, 3.63) is 23.5 Å². The number of rotatable bonds is 0.